The van der Waals surface area contributed by atoms with E-state index in [1.54, 1.807) is 6.08 Å². The van der Waals surface area contributed by atoms with Gasteiger partial charge >= 0.3 is 7.82 Å². The lowest BCUT2D eigenvalue weighted by Crippen LogP contribution is -2.64. The first-order chi connectivity index (χ1) is 28.3. The Hall–Kier alpha value is -1.48. The van der Waals surface area contributed by atoms with Crippen LogP contribution in [-0.4, -0.2) is 108 Å². The molecule has 0 radical (unpaired) electrons. The number of hydrogen-bond acceptors (Lipinski definition) is 11. The monoisotopic (exact) mass is 862 g/mol. The number of aliphatic hydroxyl groups is 7. The highest BCUT2D eigenvalue weighted by Crippen LogP contribution is 2.47. The maximum absolute atomic E-state index is 12.9. The van der Waals surface area contributed by atoms with Crippen LogP contribution >= 0.6 is 7.82 Å². The Morgan fingerprint density at radius 3 is 1.54 bits per heavy atom. The Kier molecular flexibility index (Phi) is 33.0. The number of phosphoric ester groups is 1. The Balaban J connectivity index is 2.42. The standard InChI is InChI=1S/C45H84NO12P/c1-3-5-7-9-11-13-14-15-16-17-18-19-20-21-22-23-24-25-26-28-30-32-36(47)34-39(49)46-37(38(48)33-31-29-27-12-10-8-6-4-2)35-57-59(55,56)58-45-43(53)41(51)40(50)42(52)44(45)54/h10,12,21-22,31,33,36-38,40-45,47-48,50-54H,3-9,11,13-20,23-30,32,34-35H2,1-2H3,(H,46,49)(H,55,56)/b12-10+,22-21-,33-31+. The summed E-state index contributed by atoms with van der Waals surface area (Å²) >= 11 is 0. The van der Waals surface area contributed by atoms with Crippen molar-refractivity contribution in [2.45, 2.75) is 236 Å². The minimum atomic E-state index is -5.14. The van der Waals surface area contributed by atoms with Gasteiger partial charge in [-0.2, -0.15) is 0 Å². The number of amides is 1. The second-order valence-corrected chi connectivity index (χ2v) is 17.8. The first-order valence-electron chi connectivity index (χ1n) is 23.0. The van der Waals surface area contributed by atoms with Crippen LogP contribution in [0.15, 0.2) is 36.5 Å². The van der Waals surface area contributed by atoms with Crippen molar-refractivity contribution in [1.82, 2.24) is 5.32 Å². The molecule has 8 unspecified atom stereocenters. The Bertz CT molecular complexity index is 1160. The van der Waals surface area contributed by atoms with E-state index in [9.17, 15) is 50.0 Å². The molecule has 0 bridgehead atoms. The average molecular weight is 862 g/mol. The second kappa shape index (κ2) is 35.0. The summed E-state index contributed by atoms with van der Waals surface area (Å²) in [6.07, 6.45) is 25.7. The summed E-state index contributed by atoms with van der Waals surface area (Å²) in [5.74, 6) is -0.611. The summed E-state index contributed by atoms with van der Waals surface area (Å²) in [6.45, 7) is 3.63. The molecular formula is C45H84NO12P. The first-order valence-corrected chi connectivity index (χ1v) is 24.5. The number of carbonyl (C=O) groups excluding carboxylic acids is 1. The van der Waals surface area contributed by atoms with Gasteiger partial charge in [0.15, 0.2) is 0 Å². The van der Waals surface area contributed by atoms with E-state index in [1.165, 1.54) is 83.1 Å². The molecule has 1 aliphatic rings. The van der Waals surface area contributed by atoms with E-state index in [0.29, 0.717) is 12.8 Å². The average Bonchev–Trinajstić information content (AvgIpc) is 3.21. The Morgan fingerprint density at radius 1 is 0.593 bits per heavy atom. The van der Waals surface area contributed by atoms with E-state index < -0.39 is 75.2 Å². The maximum Gasteiger partial charge on any atom is 0.472 e. The highest BCUT2D eigenvalue weighted by atomic mass is 31.2. The van der Waals surface area contributed by atoms with Crippen molar-refractivity contribution in [2.75, 3.05) is 6.61 Å². The van der Waals surface area contributed by atoms with Gasteiger partial charge in [-0.15, -0.1) is 0 Å². The van der Waals surface area contributed by atoms with Crippen molar-refractivity contribution in [2.24, 2.45) is 0 Å². The Labute approximate surface area is 356 Å². The van der Waals surface area contributed by atoms with Gasteiger partial charge in [-0.3, -0.25) is 13.8 Å². The summed E-state index contributed by atoms with van der Waals surface area (Å²) in [7, 11) is -5.14. The highest BCUT2D eigenvalue weighted by Gasteiger charge is 2.51. The summed E-state index contributed by atoms with van der Waals surface area (Å²) in [6, 6.07) is -1.26. The van der Waals surface area contributed by atoms with Crippen LogP contribution in [0.1, 0.15) is 181 Å². The molecule has 0 aromatic carbocycles. The minimum Gasteiger partial charge on any atom is -0.393 e. The topological polar surface area (TPSA) is 226 Å². The van der Waals surface area contributed by atoms with Crippen LogP contribution in [0.2, 0.25) is 0 Å². The number of unbranched alkanes of at least 4 members (excludes halogenated alkanes) is 20. The van der Waals surface area contributed by atoms with E-state index >= 15 is 0 Å². The molecule has 59 heavy (non-hydrogen) atoms. The molecule has 9 N–H and O–H groups in total. The zero-order chi connectivity index (χ0) is 43.7. The van der Waals surface area contributed by atoms with Crippen LogP contribution in [0.5, 0.6) is 0 Å². The van der Waals surface area contributed by atoms with Gasteiger partial charge in [-0.25, -0.2) is 4.57 Å². The number of carbonyl (C=O) groups is 1. The fraction of sp³-hybridized carbons (Fsp3) is 0.844. The molecule has 0 aromatic heterocycles. The smallest absolute Gasteiger partial charge is 0.393 e. The molecule has 1 aliphatic carbocycles. The number of phosphoric acid groups is 1. The van der Waals surface area contributed by atoms with Gasteiger partial charge in [-0.1, -0.05) is 159 Å². The van der Waals surface area contributed by atoms with Gasteiger partial charge in [0.1, 0.15) is 36.6 Å². The zero-order valence-corrected chi connectivity index (χ0v) is 37.3. The molecule has 1 saturated carbocycles. The van der Waals surface area contributed by atoms with Gasteiger partial charge in [0.05, 0.1) is 31.3 Å². The van der Waals surface area contributed by atoms with Crippen LogP contribution in [0.25, 0.3) is 0 Å². The molecular weight excluding hydrogens is 777 g/mol. The normalized spacial score (nSPS) is 23.9. The molecule has 0 spiro atoms. The highest BCUT2D eigenvalue weighted by molar-refractivity contribution is 7.47. The molecule has 346 valence electrons. The van der Waals surface area contributed by atoms with Crippen molar-refractivity contribution in [3.05, 3.63) is 36.5 Å². The molecule has 0 aliphatic heterocycles. The maximum atomic E-state index is 12.9. The van der Waals surface area contributed by atoms with Gasteiger partial charge in [0.25, 0.3) is 0 Å². The summed E-state index contributed by atoms with van der Waals surface area (Å²) in [4.78, 5) is 23.3. The van der Waals surface area contributed by atoms with Crippen LogP contribution in [0.3, 0.4) is 0 Å². The molecule has 0 heterocycles. The van der Waals surface area contributed by atoms with E-state index in [4.69, 9.17) is 9.05 Å². The lowest BCUT2D eigenvalue weighted by Gasteiger charge is -2.41. The van der Waals surface area contributed by atoms with E-state index in [2.05, 4.69) is 37.4 Å². The predicted octanol–water partition coefficient (Wildman–Crippen LogP) is 7.36. The predicted molar refractivity (Wildman–Crippen MR) is 233 cm³/mol. The fourth-order valence-corrected chi connectivity index (χ4v) is 8.09. The number of hydrogen-bond donors (Lipinski definition) is 9. The SMILES string of the molecule is CCCC/C=C/CC/C=C/C(O)C(COP(=O)(O)OC1C(O)C(O)C(O)C(O)C1O)NC(=O)CC(O)CCCCCCC/C=C\CCCCCCCCCCCCCC. The van der Waals surface area contributed by atoms with E-state index in [1.807, 2.05) is 6.08 Å². The molecule has 13 nitrogen and oxygen atoms in total. The van der Waals surface area contributed by atoms with Gasteiger partial charge < -0.3 is 46.0 Å². The summed E-state index contributed by atoms with van der Waals surface area (Å²) in [5.41, 5.74) is 0. The summed E-state index contributed by atoms with van der Waals surface area (Å²) < 4.78 is 22.7. The van der Waals surface area contributed by atoms with Crippen molar-refractivity contribution in [3.8, 4) is 0 Å². The minimum absolute atomic E-state index is 0.259. The van der Waals surface area contributed by atoms with Crippen LogP contribution < -0.4 is 5.32 Å². The van der Waals surface area contributed by atoms with Gasteiger partial charge in [0, 0.05) is 0 Å². The number of rotatable bonds is 37. The van der Waals surface area contributed by atoms with Gasteiger partial charge in [0.2, 0.25) is 5.91 Å². The van der Waals surface area contributed by atoms with Crippen molar-refractivity contribution >= 4 is 13.7 Å². The quantitative estimate of drug-likeness (QED) is 0.0170. The number of nitrogens with one attached hydrogen (secondary N) is 1. The van der Waals surface area contributed by atoms with Crippen LogP contribution in [0.4, 0.5) is 0 Å². The third kappa shape index (κ3) is 27.2. The molecule has 0 aromatic rings. The first kappa shape index (κ1) is 55.5. The molecule has 1 fully saturated rings. The van der Waals surface area contributed by atoms with Crippen molar-refractivity contribution in [3.63, 3.8) is 0 Å². The lowest BCUT2D eigenvalue weighted by molar-refractivity contribution is -0.220. The van der Waals surface area contributed by atoms with Gasteiger partial charge in [-0.05, 0) is 51.4 Å². The van der Waals surface area contributed by atoms with Crippen LogP contribution in [-0.2, 0) is 18.4 Å². The fourth-order valence-electron chi connectivity index (χ4n) is 7.12. The third-order valence-electron chi connectivity index (χ3n) is 10.9. The number of aliphatic hydroxyl groups excluding tert-OH is 7. The molecule has 14 heteroatoms. The van der Waals surface area contributed by atoms with Crippen LogP contribution in [0, 0.1) is 0 Å². The molecule has 1 rings (SSSR count). The molecule has 8 atom stereocenters. The third-order valence-corrected chi connectivity index (χ3v) is 11.9. The second-order valence-electron chi connectivity index (χ2n) is 16.4. The molecule has 1 amide bonds. The lowest BCUT2D eigenvalue weighted by atomic mass is 9.85. The Morgan fingerprint density at radius 2 is 1.02 bits per heavy atom. The van der Waals surface area contributed by atoms with E-state index in [0.717, 1.165) is 70.6 Å². The molecule has 0 saturated heterocycles. The largest absolute Gasteiger partial charge is 0.472 e. The zero-order valence-electron chi connectivity index (χ0n) is 36.4. The van der Waals surface area contributed by atoms with E-state index in [-0.39, 0.29) is 6.42 Å². The number of allylic oxidation sites excluding steroid dienone is 5. The summed E-state index contributed by atoms with van der Waals surface area (Å²) in [5, 5.41) is 74.1. The van der Waals surface area contributed by atoms with Crippen molar-refractivity contribution < 1.29 is 59.0 Å². The van der Waals surface area contributed by atoms with Crippen molar-refractivity contribution in [1.29, 1.82) is 0 Å².